The molecule has 138 valence electrons. The van der Waals surface area contributed by atoms with Crippen LogP contribution in [0, 0.1) is 5.92 Å². The zero-order valence-electron chi connectivity index (χ0n) is 14.4. The summed E-state index contributed by atoms with van der Waals surface area (Å²) < 4.78 is 10.5. The maximum absolute atomic E-state index is 12.6. The number of ketones is 1. The van der Waals surface area contributed by atoms with E-state index in [1.807, 2.05) is 0 Å². The Labute approximate surface area is 150 Å². The normalized spacial score (nSPS) is 32.2. The Morgan fingerprint density at radius 3 is 2.69 bits per heavy atom. The van der Waals surface area contributed by atoms with Crippen molar-refractivity contribution >= 4 is 17.8 Å². The molecule has 0 saturated heterocycles. The maximum atomic E-state index is 12.6. The van der Waals surface area contributed by atoms with Gasteiger partial charge < -0.3 is 24.8 Å². The molecule has 0 spiro atoms. The highest BCUT2D eigenvalue weighted by molar-refractivity contribution is 5.98. The van der Waals surface area contributed by atoms with Gasteiger partial charge in [-0.3, -0.25) is 4.79 Å². The second kappa shape index (κ2) is 6.59. The van der Waals surface area contributed by atoms with Gasteiger partial charge in [0.05, 0.1) is 7.11 Å². The molecular formula is C19H20O7. The van der Waals surface area contributed by atoms with E-state index < -0.39 is 35.5 Å². The number of hydrogen-bond acceptors (Lipinski definition) is 7. The zero-order valence-corrected chi connectivity index (χ0v) is 14.4. The number of aliphatic hydroxyl groups is 2. The van der Waals surface area contributed by atoms with Crippen LogP contribution in [0.15, 0.2) is 30.4 Å². The lowest BCUT2D eigenvalue weighted by Crippen LogP contribution is -2.57. The summed E-state index contributed by atoms with van der Waals surface area (Å²) in [6.45, 7) is 1.56. The summed E-state index contributed by atoms with van der Waals surface area (Å²) in [5.74, 6) is -2.11. The summed E-state index contributed by atoms with van der Waals surface area (Å²) in [6.07, 6.45) is 3.17. The molecule has 0 amide bonds. The molecule has 1 aromatic carbocycles. The Morgan fingerprint density at radius 2 is 2.00 bits per heavy atom. The van der Waals surface area contributed by atoms with Crippen molar-refractivity contribution in [2.45, 2.75) is 31.2 Å². The summed E-state index contributed by atoms with van der Waals surface area (Å²) in [5.41, 5.74) is -1.48. The lowest BCUT2D eigenvalue weighted by molar-refractivity contribution is -0.154. The Bertz CT molecular complexity index is 810. The number of fused-ring (bicyclic) bond motifs is 2. The van der Waals surface area contributed by atoms with Gasteiger partial charge in [0, 0.05) is 12.0 Å². The van der Waals surface area contributed by atoms with E-state index in [1.165, 1.54) is 31.4 Å². The first-order chi connectivity index (χ1) is 12.3. The van der Waals surface area contributed by atoms with Crippen molar-refractivity contribution in [1.29, 1.82) is 0 Å². The molecule has 1 heterocycles. The predicted octanol–water partition coefficient (Wildman–Crippen LogP) is 1.21. The molecule has 26 heavy (non-hydrogen) atoms. The summed E-state index contributed by atoms with van der Waals surface area (Å²) in [4.78, 5) is 24.4. The van der Waals surface area contributed by atoms with Crippen LogP contribution in [0.5, 0.6) is 11.5 Å². The minimum absolute atomic E-state index is 0.0178. The monoisotopic (exact) mass is 360 g/mol. The number of methoxy groups -OCH3 is 1. The van der Waals surface area contributed by atoms with Crippen molar-refractivity contribution in [1.82, 2.24) is 0 Å². The highest BCUT2D eigenvalue weighted by Gasteiger charge is 2.50. The van der Waals surface area contributed by atoms with E-state index in [2.05, 4.69) is 0 Å². The molecule has 0 fully saturated rings. The van der Waals surface area contributed by atoms with E-state index in [-0.39, 0.29) is 17.7 Å². The van der Waals surface area contributed by atoms with Gasteiger partial charge in [-0.05, 0) is 31.1 Å². The fourth-order valence-corrected chi connectivity index (χ4v) is 3.46. The number of benzene rings is 1. The van der Waals surface area contributed by atoms with Crippen LogP contribution in [-0.4, -0.2) is 52.0 Å². The highest BCUT2D eigenvalue weighted by Crippen LogP contribution is 2.38. The average Bonchev–Trinajstić information content (AvgIpc) is 2.58. The first-order valence-electron chi connectivity index (χ1n) is 8.19. The van der Waals surface area contributed by atoms with E-state index in [0.717, 1.165) is 0 Å². The minimum Gasteiger partial charge on any atom is -0.507 e. The molecule has 1 aliphatic carbocycles. The number of ether oxygens (including phenoxy) is 2. The van der Waals surface area contributed by atoms with Crippen molar-refractivity contribution in [3.05, 3.63) is 41.5 Å². The van der Waals surface area contributed by atoms with Gasteiger partial charge in [-0.1, -0.05) is 18.2 Å². The fraction of sp³-hybridized carbons (Fsp3) is 0.368. The second-order valence-electron chi connectivity index (χ2n) is 6.51. The summed E-state index contributed by atoms with van der Waals surface area (Å²) in [6, 6.07) is 2.85. The number of hydrogen-bond donors (Lipinski definition) is 3. The molecule has 1 unspecified atom stereocenters. The van der Waals surface area contributed by atoms with Crippen LogP contribution in [0.3, 0.4) is 0 Å². The molecule has 3 N–H and O–H groups in total. The van der Waals surface area contributed by atoms with E-state index in [1.54, 1.807) is 19.1 Å². The third kappa shape index (κ3) is 2.89. The molecule has 1 aliphatic heterocycles. The lowest BCUT2D eigenvalue weighted by Gasteiger charge is -2.41. The van der Waals surface area contributed by atoms with E-state index >= 15 is 0 Å². The quantitative estimate of drug-likeness (QED) is 0.645. The molecule has 7 nitrogen and oxygen atoms in total. The van der Waals surface area contributed by atoms with Gasteiger partial charge in [-0.25, -0.2) is 4.79 Å². The van der Waals surface area contributed by atoms with Gasteiger partial charge in [-0.2, -0.15) is 0 Å². The molecule has 7 heteroatoms. The maximum Gasteiger partial charge on any atom is 0.342 e. The van der Waals surface area contributed by atoms with Gasteiger partial charge in [0.25, 0.3) is 0 Å². The number of aromatic hydroxyl groups is 1. The number of rotatable bonds is 1. The number of phenolic OH excluding ortho intramolecular Hbond substituents is 1. The van der Waals surface area contributed by atoms with E-state index in [0.29, 0.717) is 11.3 Å². The molecule has 4 atom stereocenters. The minimum atomic E-state index is -1.81. The standard InChI is InChI=1S/C19H20O7/c1-10-13-5-6-14(20)17(22)19(13,24)7-3-4-11-8-12(25-2)9-15(21)16(11)18(23)26-10/h3-6,8-10,13,17,21-22,24H,7H2,1-2H3/b4-3-/t10-,13?,17+,19+/m0/s1. The van der Waals surface area contributed by atoms with Crippen LogP contribution in [0.1, 0.15) is 29.3 Å². The van der Waals surface area contributed by atoms with Gasteiger partial charge >= 0.3 is 5.97 Å². The number of esters is 1. The first kappa shape index (κ1) is 18.2. The number of carbonyl (C=O) groups is 2. The molecule has 2 aliphatic rings. The van der Waals surface area contributed by atoms with Crippen LogP contribution in [0.4, 0.5) is 0 Å². The van der Waals surface area contributed by atoms with Crippen molar-refractivity contribution < 1.29 is 34.4 Å². The van der Waals surface area contributed by atoms with Crippen molar-refractivity contribution in [2.24, 2.45) is 5.92 Å². The number of carbonyl (C=O) groups excluding carboxylic acids is 2. The van der Waals surface area contributed by atoms with Crippen LogP contribution in [0.25, 0.3) is 6.08 Å². The van der Waals surface area contributed by atoms with Gasteiger partial charge in [0.2, 0.25) is 0 Å². The zero-order chi connectivity index (χ0) is 19.1. The SMILES string of the molecule is COc1cc(O)c2c(c1)/C=C\C[C@@]1(O)C(C=CC(=O)[C@H]1O)[C@H](C)OC2=O. The number of cyclic esters (lactones) is 1. The average molecular weight is 360 g/mol. The van der Waals surface area contributed by atoms with Crippen molar-refractivity contribution in [3.63, 3.8) is 0 Å². The fourth-order valence-electron chi connectivity index (χ4n) is 3.46. The van der Waals surface area contributed by atoms with Gasteiger partial charge in [0.15, 0.2) is 5.78 Å². The lowest BCUT2D eigenvalue weighted by atomic mass is 9.72. The Hall–Kier alpha value is -2.64. The first-order valence-corrected chi connectivity index (χ1v) is 8.19. The third-order valence-electron chi connectivity index (χ3n) is 4.89. The Morgan fingerprint density at radius 1 is 1.27 bits per heavy atom. The highest BCUT2D eigenvalue weighted by atomic mass is 16.5. The van der Waals surface area contributed by atoms with Crippen molar-refractivity contribution in [2.75, 3.05) is 7.11 Å². The summed E-state index contributed by atoms with van der Waals surface area (Å²) in [7, 11) is 1.43. The van der Waals surface area contributed by atoms with E-state index in [4.69, 9.17) is 9.47 Å². The molecule has 0 radical (unpaired) electrons. The third-order valence-corrected chi connectivity index (χ3v) is 4.89. The molecule has 0 bridgehead atoms. The van der Waals surface area contributed by atoms with Crippen LogP contribution >= 0.6 is 0 Å². The van der Waals surface area contributed by atoms with Crippen molar-refractivity contribution in [3.8, 4) is 11.5 Å². The van der Waals surface area contributed by atoms with E-state index in [9.17, 15) is 24.9 Å². The number of aliphatic hydroxyl groups excluding tert-OH is 1. The van der Waals surface area contributed by atoms with Crippen LogP contribution in [-0.2, 0) is 9.53 Å². The molecule has 0 aromatic heterocycles. The van der Waals surface area contributed by atoms with Crippen LogP contribution in [0.2, 0.25) is 0 Å². The second-order valence-corrected chi connectivity index (χ2v) is 6.51. The summed E-state index contributed by atoms with van der Waals surface area (Å²) in [5, 5.41) is 31.4. The molecule has 3 rings (SSSR count). The Balaban J connectivity index is 2.12. The number of phenols is 1. The smallest absolute Gasteiger partial charge is 0.342 e. The van der Waals surface area contributed by atoms with Gasteiger partial charge in [0.1, 0.15) is 34.9 Å². The molecule has 1 aromatic rings. The predicted molar refractivity (Wildman–Crippen MR) is 91.8 cm³/mol. The topological polar surface area (TPSA) is 113 Å². The van der Waals surface area contributed by atoms with Crippen LogP contribution < -0.4 is 4.74 Å². The summed E-state index contributed by atoms with van der Waals surface area (Å²) >= 11 is 0. The molecule has 0 saturated carbocycles. The Kier molecular flexibility index (Phi) is 4.60. The molecular weight excluding hydrogens is 340 g/mol. The van der Waals surface area contributed by atoms with Gasteiger partial charge in [-0.15, -0.1) is 0 Å². The largest absolute Gasteiger partial charge is 0.507 e.